The molecule has 2 aromatic heterocycles. The van der Waals surface area contributed by atoms with E-state index in [1.807, 2.05) is 33.0 Å². The normalized spacial score (nSPS) is 19.5. The summed E-state index contributed by atoms with van der Waals surface area (Å²) in [7, 11) is 0. The number of hydrogen-bond donors (Lipinski definition) is 1. The van der Waals surface area contributed by atoms with Gasteiger partial charge < -0.3 is 25.0 Å². The number of benzene rings is 1. The molecular formula is C37H50ClFN8O3. The van der Waals surface area contributed by atoms with E-state index in [0.29, 0.717) is 18.1 Å². The summed E-state index contributed by atoms with van der Waals surface area (Å²) in [5.74, 6) is 1.59. The van der Waals surface area contributed by atoms with Gasteiger partial charge in [0.25, 0.3) is 5.91 Å². The van der Waals surface area contributed by atoms with Crippen molar-refractivity contribution in [2.75, 3.05) is 57.3 Å². The van der Waals surface area contributed by atoms with Crippen LogP contribution in [0.3, 0.4) is 0 Å². The molecule has 3 aromatic rings. The largest absolute Gasteiger partial charge is 0.490 e. The van der Waals surface area contributed by atoms with Gasteiger partial charge in [0.1, 0.15) is 29.7 Å². The Bertz CT molecular complexity index is 1670. The fourth-order valence-electron chi connectivity index (χ4n) is 8.15. The molecule has 2 saturated heterocycles. The van der Waals surface area contributed by atoms with Crippen molar-refractivity contribution in [2.24, 2.45) is 11.1 Å². The van der Waals surface area contributed by atoms with Gasteiger partial charge in [0.15, 0.2) is 11.6 Å². The molecule has 0 bridgehead atoms. The predicted octanol–water partition coefficient (Wildman–Crippen LogP) is 4.92. The van der Waals surface area contributed by atoms with Crippen LogP contribution in [0.1, 0.15) is 68.6 Å². The van der Waals surface area contributed by atoms with Crippen LogP contribution < -0.4 is 20.1 Å². The summed E-state index contributed by atoms with van der Waals surface area (Å²) in [6, 6.07) is 6.03. The zero-order chi connectivity index (χ0) is 34.3. The smallest absolute Gasteiger partial charge is 0.257 e. The first-order valence-electron chi connectivity index (χ1n) is 17.7. The maximum absolute atomic E-state index is 14.3. The van der Waals surface area contributed by atoms with Crippen LogP contribution >= 0.6 is 12.4 Å². The Hall–Kier alpha value is -3.58. The van der Waals surface area contributed by atoms with Gasteiger partial charge in [-0.25, -0.2) is 14.4 Å². The Morgan fingerprint density at radius 1 is 1.08 bits per heavy atom. The first kappa shape index (κ1) is 36.2. The van der Waals surface area contributed by atoms with Gasteiger partial charge in [0, 0.05) is 86.7 Å². The molecule has 5 heterocycles. The molecule has 7 rings (SSSR count). The summed E-state index contributed by atoms with van der Waals surface area (Å²) in [5.41, 5.74) is 8.90. The van der Waals surface area contributed by atoms with Gasteiger partial charge in [-0.3, -0.25) is 19.6 Å². The number of halogens is 2. The van der Waals surface area contributed by atoms with Crippen molar-refractivity contribution >= 4 is 24.1 Å². The van der Waals surface area contributed by atoms with Crippen LogP contribution in [-0.2, 0) is 13.0 Å². The van der Waals surface area contributed by atoms with E-state index in [1.165, 1.54) is 30.1 Å². The minimum absolute atomic E-state index is 0. The molecular weight excluding hydrogens is 659 g/mol. The summed E-state index contributed by atoms with van der Waals surface area (Å²) in [4.78, 5) is 35.6. The van der Waals surface area contributed by atoms with Crippen LogP contribution in [0.15, 0.2) is 43.0 Å². The highest BCUT2D eigenvalue weighted by molar-refractivity contribution is 5.97. The van der Waals surface area contributed by atoms with E-state index in [1.54, 1.807) is 11.1 Å². The first-order valence-corrected chi connectivity index (χ1v) is 17.7. The van der Waals surface area contributed by atoms with Crippen molar-refractivity contribution in [3.63, 3.8) is 0 Å². The third kappa shape index (κ3) is 7.54. The Morgan fingerprint density at radius 3 is 2.56 bits per heavy atom. The van der Waals surface area contributed by atoms with Gasteiger partial charge in [0.2, 0.25) is 0 Å². The molecule has 1 spiro atoms. The number of nitrogens with two attached hydrogens (primary N) is 1. The Labute approximate surface area is 300 Å². The molecule has 50 heavy (non-hydrogen) atoms. The molecule has 3 aliphatic heterocycles. The summed E-state index contributed by atoms with van der Waals surface area (Å²) >= 11 is 0. The molecule has 270 valence electrons. The van der Waals surface area contributed by atoms with Crippen LogP contribution in [-0.4, -0.2) is 106 Å². The SMILES string of the molecule is CCN(C(=O)c1cc(F)ccc1Oc1cncnc1N1CC2(CC(Oc3ccnc4c3CN(CCCN3CC(C)(N)C3)CC4)C2)C1)C(C)C.Cl. The zero-order valence-electron chi connectivity index (χ0n) is 29.6. The van der Waals surface area contributed by atoms with E-state index in [9.17, 15) is 9.18 Å². The molecule has 3 fully saturated rings. The lowest BCUT2D eigenvalue weighted by molar-refractivity contribution is -0.0353. The van der Waals surface area contributed by atoms with E-state index < -0.39 is 5.82 Å². The topological polar surface area (TPSA) is 113 Å². The third-order valence-corrected chi connectivity index (χ3v) is 10.5. The van der Waals surface area contributed by atoms with Crippen molar-refractivity contribution in [1.82, 2.24) is 29.7 Å². The van der Waals surface area contributed by atoms with Crippen LogP contribution in [0.5, 0.6) is 17.2 Å². The van der Waals surface area contributed by atoms with Crippen molar-refractivity contribution in [3.05, 3.63) is 65.6 Å². The lowest BCUT2D eigenvalue weighted by atomic mass is 9.61. The van der Waals surface area contributed by atoms with Gasteiger partial charge >= 0.3 is 0 Å². The van der Waals surface area contributed by atoms with Gasteiger partial charge in [0.05, 0.1) is 11.8 Å². The van der Waals surface area contributed by atoms with Crippen LogP contribution in [0, 0.1) is 11.2 Å². The molecule has 11 nitrogen and oxygen atoms in total. The van der Waals surface area contributed by atoms with E-state index in [0.717, 1.165) is 89.5 Å². The van der Waals surface area contributed by atoms with Crippen molar-refractivity contribution in [3.8, 4) is 17.2 Å². The number of rotatable bonds is 12. The Kier molecular flexibility index (Phi) is 10.6. The molecule has 1 amide bonds. The lowest BCUT2D eigenvalue weighted by Gasteiger charge is -2.59. The number of hydrogen-bond acceptors (Lipinski definition) is 10. The summed E-state index contributed by atoms with van der Waals surface area (Å²) < 4.78 is 27.2. The van der Waals surface area contributed by atoms with E-state index in [4.69, 9.17) is 20.2 Å². The minimum atomic E-state index is -0.492. The average molecular weight is 709 g/mol. The number of likely N-dealkylation sites (tertiary alicyclic amines) is 1. The monoisotopic (exact) mass is 708 g/mol. The highest BCUT2D eigenvalue weighted by Gasteiger charge is 2.54. The maximum Gasteiger partial charge on any atom is 0.257 e. The second kappa shape index (κ2) is 14.6. The number of ether oxygens (including phenoxy) is 2. The fraction of sp³-hybridized carbons (Fsp3) is 0.568. The summed E-state index contributed by atoms with van der Waals surface area (Å²) in [5, 5.41) is 0. The number of pyridine rings is 1. The molecule has 1 aromatic carbocycles. The van der Waals surface area contributed by atoms with E-state index in [2.05, 4.69) is 31.6 Å². The Morgan fingerprint density at radius 2 is 1.84 bits per heavy atom. The van der Waals surface area contributed by atoms with Crippen molar-refractivity contribution in [1.29, 1.82) is 0 Å². The zero-order valence-corrected chi connectivity index (χ0v) is 30.4. The molecule has 0 atom stereocenters. The Balaban J connectivity index is 0.00000432. The second-order valence-electron chi connectivity index (χ2n) is 15.1. The van der Waals surface area contributed by atoms with Gasteiger partial charge in [-0.2, -0.15) is 0 Å². The molecule has 1 saturated carbocycles. The second-order valence-corrected chi connectivity index (χ2v) is 15.1. The van der Waals surface area contributed by atoms with Crippen LogP contribution in [0.2, 0.25) is 0 Å². The summed E-state index contributed by atoms with van der Waals surface area (Å²) in [6.45, 7) is 16.1. The van der Waals surface area contributed by atoms with Gasteiger partial charge in [-0.15, -0.1) is 12.4 Å². The average Bonchev–Trinajstić information content (AvgIpc) is 3.02. The number of nitrogens with zero attached hydrogens (tertiary/aromatic N) is 7. The quantitative estimate of drug-likeness (QED) is 0.278. The number of aromatic nitrogens is 3. The van der Waals surface area contributed by atoms with Crippen LogP contribution in [0.4, 0.5) is 10.2 Å². The fourth-order valence-corrected chi connectivity index (χ4v) is 8.15. The number of carbonyl (C=O) groups is 1. The standard InChI is InChI=1S/C37H49FN8O3.ClH/c1-5-46(25(2)3)35(47)28-15-26(38)7-8-31(28)49-33-18-40-24-42-34(33)45-22-37(23-45)16-27(17-37)48-32-9-11-41-30-10-14-43(19-29(30)32)12-6-13-44-20-36(4,39)21-44;/h7-9,11,15,18,24-25,27H,5-6,10,12-14,16-17,19-23,39H2,1-4H3;1H. The number of fused-ring (bicyclic) bond motifs is 1. The maximum atomic E-state index is 14.3. The number of amides is 1. The molecule has 13 heteroatoms. The molecule has 4 aliphatic rings. The van der Waals surface area contributed by atoms with Crippen molar-refractivity contribution < 1.29 is 18.7 Å². The molecule has 0 radical (unpaired) electrons. The van der Waals surface area contributed by atoms with E-state index >= 15 is 0 Å². The molecule has 2 N–H and O–H groups in total. The molecule has 1 aliphatic carbocycles. The van der Waals surface area contributed by atoms with E-state index in [-0.39, 0.29) is 52.7 Å². The number of carbonyl (C=O) groups excluding carboxylic acids is 1. The first-order chi connectivity index (χ1) is 23.5. The highest BCUT2D eigenvalue weighted by atomic mass is 35.5. The van der Waals surface area contributed by atoms with Gasteiger partial charge in [-0.1, -0.05) is 0 Å². The number of anilines is 1. The summed E-state index contributed by atoms with van der Waals surface area (Å²) in [6.07, 6.45) is 9.20. The molecule has 0 unspecified atom stereocenters. The van der Waals surface area contributed by atoms with Gasteiger partial charge in [-0.05, 0) is 84.3 Å². The predicted molar refractivity (Wildman–Crippen MR) is 193 cm³/mol. The lowest BCUT2D eigenvalue weighted by Crippen LogP contribution is -2.65. The van der Waals surface area contributed by atoms with Crippen molar-refractivity contribution in [2.45, 2.75) is 77.6 Å². The minimum Gasteiger partial charge on any atom is -0.490 e. The third-order valence-electron chi connectivity index (χ3n) is 10.5. The highest BCUT2D eigenvalue weighted by Crippen LogP contribution is 2.52. The van der Waals surface area contributed by atoms with Crippen LogP contribution in [0.25, 0.3) is 0 Å².